The minimum Gasteiger partial charge on any atom is -0.385 e. The second-order valence-corrected chi connectivity index (χ2v) is 7.98. The molecule has 0 saturated carbocycles. The topological polar surface area (TPSA) is 37.3 Å². The molecule has 1 rings (SSSR count). The molecule has 1 atom stereocenters. The number of hydrogen-bond acceptors (Lipinski definition) is 2. The number of Topliss-reactive ketones (excluding diaryl/α,β-unsaturated/α-hetero) is 1. The van der Waals surface area contributed by atoms with Crippen LogP contribution in [0.25, 0.3) is 0 Å². The van der Waals surface area contributed by atoms with Crippen LogP contribution in [0.15, 0.2) is 106 Å². The molecule has 0 aromatic rings. The number of carbonyl (C=O) groups excluding carboxylic acids is 1. The standard InChI is InChI=1S/C28H36O2/c1-21(2)11-9-14-22(3)12-7-8-13-23(4)15-10-16-24(5)17-18-26-19-20-27(29)28(30)25(26)6/h7-18,27,29H,19-20H2,1-6H3/b8-7+,14-9+,15-10+,18-17+,22-12+,23-13+,24-16+/t27-/m1/s1. The van der Waals surface area contributed by atoms with Crippen LogP contribution in [0.3, 0.4) is 0 Å². The van der Waals surface area contributed by atoms with Gasteiger partial charge in [-0.1, -0.05) is 95.2 Å². The predicted molar refractivity (Wildman–Crippen MR) is 130 cm³/mol. The molecular weight excluding hydrogens is 368 g/mol. The summed E-state index contributed by atoms with van der Waals surface area (Å²) in [6, 6.07) is 0. The normalized spacial score (nSPS) is 19.9. The Hall–Kier alpha value is -2.71. The maximum absolute atomic E-state index is 11.9. The van der Waals surface area contributed by atoms with Crippen molar-refractivity contribution in [2.24, 2.45) is 0 Å². The Morgan fingerprint density at radius 1 is 0.800 bits per heavy atom. The Balaban J connectivity index is 2.62. The molecule has 0 bridgehead atoms. The second kappa shape index (κ2) is 13.5. The lowest BCUT2D eigenvalue weighted by Crippen LogP contribution is -2.25. The Morgan fingerprint density at radius 2 is 1.30 bits per heavy atom. The monoisotopic (exact) mass is 404 g/mol. The highest BCUT2D eigenvalue weighted by atomic mass is 16.3. The first-order valence-electron chi connectivity index (χ1n) is 10.5. The van der Waals surface area contributed by atoms with Crippen LogP contribution in [0.1, 0.15) is 54.4 Å². The predicted octanol–water partition coefficient (Wildman–Crippen LogP) is 7.06. The third-order valence-electron chi connectivity index (χ3n) is 4.72. The molecule has 0 aromatic heterocycles. The average molecular weight is 405 g/mol. The molecule has 2 nitrogen and oxygen atoms in total. The molecule has 0 heterocycles. The Labute approximate surface area is 182 Å². The van der Waals surface area contributed by atoms with Crippen LogP contribution in [-0.4, -0.2) is 17.0 Å². The summed E-state index contributed by atoms with van der Waals surface area (Å²) >= 11 is 0. The SMILES string of the molecule is CC(C)=C/C=C/C(C)=C/C=C/C=C(C)/C=C/C=C(C)/C=C/C1=C(C)C(=O)[C@H](O)CC1. The lowest BCUT2D eigenvalue weighted by molar-refractivity contribution is -0.124. The molecule has 0 spiro atoms. The Bertz CT molecular complexity index is 874. The maximum Gasteiger partial charge on any atom is 0.187 e. The van der Waals surface area contributed by atoms with Crippen molar-refractivity contribution in [2.75, 3.05) is 0 Å². The van der Waals surface area contributed by atoms with E-state index in [4.69, 9.17) is 0 Å². The minimum absolute atomic E-state index is 0.148. The third-order valence-corrected chi connectivity index (χ3v) is 4.72. The van der Waals surface area contributed by atoms with E-state index in [1.54, 1.807) is 6.92 Å². The van der Waals surface area contributed by atoms with Crippen molar-refractivity contribution >= 4 is 5.78 Å². The van der Waals surface area contributed by atoms with Crippen LogP contribution in [-0.2, 0) is 4.79 Å². The summed E-state index contributed by atoms with van der Waals surface area (Å²) in [5, 5.41) is 9.62. The third kappa shape index (κ3) is 10.2. The summed E-state index contributed by atoms with van der Waals surface area (Å²) in [4.78, 5) is 11.9. The summed E-state index contributed by atoms with van der Waals surface area (Å²) in [5.41, 5.74) is 6.45. The van der Waals surface area contributed by atoms with Gasteiger partial charge in [0.1, 0.15) is 6.10 Å². The highest BCUT2D eigenvalue weighted by molar-refractivity contribution is 6.00. The second-order valence-electron chi connectivity index (χ2n) is 7.98. The zero-order valence-corrected chi connectivity index (χ0v) is 19.3. The smallest absolute Gasteiger partial charge is 0.187 e. The molecular formula is C28H36O2. The van der Waals surface area contributed by atoms with Crippen LogP contribution >= 0.6 is 0 Å². The summed E-state index contributed by atoms with van der Waals surface area (Å²) in [6.45, 7) is 12.1. The van der Waals surface area contributed by atoms with Gasteiger partial charge in [0, 0.05) is 0 Å². The first-order chi connectivity index (χ1) is 14.2. The molecule has 0 saturated heterocycles. The van der Waals surface area contributed by atoms with Gasteiger partial charge >= 0.3 is 0 Å². The van der Waals surface area contributed by atoms with Crippen molar-refractivity contribution < 1.29 is 9.90 Å². The van der Waals surface area contributed by atoms with Gasteiger partial charge in [0.15, 0.2) is 5.78 Å². The van der Waals surface area contributed by atoms with Crippen molar-refractivity contribution in [3.05, 3.63) is 106 Å². The number of allylic oxidation sites excluding steroid dienone is 17. The van der Waals surface area contributed by atoms with Gasteiger partial charge < -0.3 is 5.11 Å². The van der Waals surface area contributed by atoms with Crippen LogP contribution in [0.5, 0.6) is 0 Å². The lowest BCUT2D eigenvalue weighted by atomic mass is 9.89. The number of carbonyl (C=O) groups is 1. The molecule has 2 heteroatoms. The molecule has 1 aliphatic carbocycles. The number of rotatable bonds is 8. The van der Waals surface area contributed by atoms with Crippen molar-refractivity contribution in [1.29, 1.82) is 0 Å². The van der Waals surface area contributed by atoms with Crippen LogP contribution in [0, 0.1) is 0 Å². The van der Waals surface area contributed by atoms with Gasteiger partial charge in [-0.15, -0.1) is 0 Å². The summed E-state index contributed by atoms with van der Waals surface area (Å²) in [5.74, 6) is -0.148. The molecule has 30 heavy (non-hydrogen) atoms. The van der Waals surface area contributed by atoms with E-state index in [1.807, 2.05) is 43.4 Å². The van der Waals surface area contributed by atoms with Gasteiger partial charge in [0.05, 0.1) is 0 Å². The van der Waals surface area contributed by atoms with Crippen molar-refractivity contribution in [3.8, 4) is 0 Å². The largest absolute Gasteiger partial charge is 0.385 e. The van der Waals surface area contributed by atoms with Crippen molar-refractivity contribution in [3.63, 3.8) is 0 Å². The molecule has 0 amide bonds. The molecule has 0 radical (unpaired) electrons. The fourth-order valence-electron chi connectivity index (χ4n) is 2.78. The Morgan fingerprint density at radius 3 is 1.87 bits per heavy atom. The first kappa shape index (κ1) is 25.3. The minimum atomic E-state index is -0.830. The number of hydrogen-bond donors (Lipinski definition) is 1. The number of aliphatic hydroxyl groups excluding tert-OH is 1. The molecule has 0 aromatic carbocycles. The fraction of sp³-hybridized carbons (Fsp3) is 0.321. The van der Waals surface area contributed by atoms with E-state index < -0.39 is 6.10 Å². The molecule has 160 valence electrons. The fourth-order valence-corrected chi connectivity index (χ4v) is 2.78. The molecule has 1 aliphatic rings. The number of ketones is 1. The van der Waals surface area contributed by atoms with Crippen LogP contribution in [0.4, 0.5) is 0 Å². The highest BCUT2D eigenvalue weighted by Crippen LogP contribution is 2.23. The molecule has 0 unspecified atom stereocenters. The van der Waals surface area contributed by atoms with Gasteiger partial charge in [0.2, 0.25) is 0 Å². The van der Waals surface area contributed by atoms with E-state index in [9.17, 15) is 9.90 Å². The van der Waals surface area contributed by atoms with Gasteiger partial charge in [-0.2, -0.15) is 0 Å². The first-order valence-corrected chi connectivity index (χ1v) is 10.5. The van der Waals surface area contributed by atoms with Crippen LogP contribution in [0.2, 0.25) is 0 Å². The molecule has 0 aliphatic heterocycles. The average Bonchev–Trinajstić information content (AvgIpc) is 2.68. The molecule has 0 fully saturated rings. The number of aliphatic hydroxyl groups is 1. The lowest BCUT2D eigenvalue weighted by Gasteiger charge is -2.18. The van der Waals surface area contributed by atoms with Crippen molar-refractivity contribution in [1.82, 2.24) is 0 Å². The Kier molecular flexibility index (Phi) is 11.4. The van der Waals surface area contributed by atoms with E-state index >= 15 is 0 Å². The summed E-state index contributed by atoms with van der Waals surface area (Å²) in [7, 11) is 0. The quantitative estimate of drug-likeness (QED) is 0.440. The van der Waals surface area contributed by atoms with Gasteiger partial charge in [-0.05, 0) is 65.5 Å². The van der Waals surface area contributed by atoms with Crippen LogP contribution < -0.4 is 0 Å². The van der Waals surface area contributed by atoms with E-state index in [1.165, 1.54) is 11.1 Å². The van der Waals surface area contributed by atoms with Gasteiger partial charge in [-0.3, -0.25) is 4.79 Å². The van der Waals surface area contributed by atoms with E-state index in [0.29, 0.717) is 12.0 Å². The zero-order valence-electron chi connectivity index (χ0n) is 19.3. The van der Waals surface area contributed by atoms with E-state index in [2.05, 4.69) is 64.2 Å². The summed E-state index contributed by atoms with van der Waals surface area (Å²) in [6.07, 6.45) is 25.1. The van der Waals surface area contributed by atoms with E-state index in [-0.39, 0.29) is 5.78 Å². The van der Waals surface area contributed by atoms with Crippen molar-refractivity contribution in [2.45, 2.75) is 60.5 Å². The molecule has 1 N–H and O–H groups in total. The zero-order chi connectivity index (χ0) is 22.5. The van der Waals surface area contributed by atoms with Gasteiger partial charge in [0.25, 0.3) is 0 Å². The van der Waals surface area contributed by atoms with E-state index in [0.717, 1.165) is 23.1 Å². The van der Waals surface area contributed by atoms with Gasteiger partial charge in [-0.25, -0.2) is 0 Å². The highest BCUT2D eigenvalue weighted by Gasteiger charge is 2.23. The summed E-state index contributed by atoms with van der Waals surface area (Å²) < 4.78 is 0. The maximum atomic E-state index is 11.9.